The molecule has 0 fully saturated rings. The van der Waals surface area contributed by atoms with Crippen molar-refractivity contribution in [2.45, 2.75) is 0 Å². The number of rotatable bonds is 3. The van der Waals surface area contributed by atoms with Crippen LogP contribution in [0, 0.1) is 32.8 Å². The van der Waals surface area contributed by atoms with Gasteiger partial charge in [0.25, 0.3) is 5.69 Å². The molecule has 0 aliphatic heterocycles. The fraction of sp³-hybridized carbons (Fsp3) is 0. The Morgan fingerprint density at radius 1 is 0.889 bits per heavy atom. The molecule has 3 aromatic rings. The molecule has 6 nitrogen and oxygen atoms in total. The number of nitro benzene ring substituents is 1. The largest absolute Gasteiger partial charge is 0.397 e. The first-order chi connectivity index (χ1) is 13.0. The topological polar surface area (TPSA) is 117 Å². The second-order valence-electron chi connectivity index (χ2n) is 5.67. The highest BCUT2D eigenvalue weighted by Crippen LogP contribution is 2.37. The van der Waals surface area contributed by atoms with E-state index in [0.29, 0.717) is 16.7 Å². The van der Waals surface area contributed by atoms with Crippen LogP contribution in [0.15, 0.2) is 59.1 Å². The third-order valence-electron chi connectivity index (χ3n) is 4.13. The fourth-order valence-corrected chi connectivity index (χ4v) is 3.06. The van der Waals surface area contributed by atoms with Crippen LogP contribution in [0.1, 0.15) is 11.1 Å². The molecule has 27 heavy (non-hydrogen) atoms. The molecule has 0 aliphatic rings. The molecule has 0 saturated carbocycles. The molecule has 0 aliphatic carbocycles. The molecular formula is C20H11BrN4O2. The van der Waals surface area contributed by atoms with Gasteiger partial charge >= 0.3 is 0 Å². The highest BCUT2D eigenvalue weighted by atomic mass is 79.9. The van der Waals surface area contributed by atoms with Crippen LogP contribution >= 0.6 is 15.9 Å². The lowest BCUT2D eigenvalue weighted by molar-refractivity contribution is -0.384. The van der Waals surface area contributed by atoms with Gasteiger partial charge in [-0.3, -0.25) is 10.1 Å². The quantitative estimate of drug-likeness (QED) is 0.364. The first kappa shape index (κ1) is 18.1. The van der Waals surface area contributed by atoms with Crippen LogP contribution in [-0.2, 0) is 0 Å². The molecule has 3 aromatic carbocycles. The summed E-state index contributed by atoms with van der Waals surface area (Å²) in [4.78, 5) is 10.4. The minimum atomic E-state index is -0.491. The van der Waals surface area contributed by atoms with Crippen molar-refractivity contribution in [3.8, 4) is 34.4 Å². The van der Waals surface area contributed by atoms with Gasteiger partial charge in [-0.25, -0.2) is 0 Å². The summed E-state index contributed by atoms with van der Waals surface area (Å²) >= 11 is 3.37. The SMILES string of the molecule is N#Cc1c(-c2ccc(Br)cc2)cc(-c2ccc([N+](=O)[O-])cc2)c(C#N)c1N. The van der Waals surface area contributed by atoms with Crippen molar-refractivity contribution in [3.05, 3.63) is 80.3 Å². The second-order valence-corrected chi connectivity index (χ2v) is 6.59. The summed E-state index contributed by atoms with van der Waals surface area (Å²) in [6.07, 6.45) is 0. The molecule has 0 radical (unpaired) electrons. The van der Waals surface area contributed by atoms with E-state index >= 15 is 0 Å². The van der Waals surface area contributed by atoms with E-state index in [9.17, 15) is 20.6 Å². The summed E-state index contributed by atoms with van der Waals surface area (Å²) in [7, 11) is 0. The summed E-state index contributed by atoms with van der Waals surface area (Å²) < 4.78 is 0.891. The smallest absolute Gasteiger partial charge is 0.269 e. The molecule has 0 amide bonds. The Bertz CT molecular complexity index is 1130. The first-order valence-electron chi connectivity index (χ1n) is 7.73. The molecule has 0 unspecified atom stereocenters. The minimum absolute atomic E-state index is 0.0491. The highest BCUT2D eigenvalue weighted by Gasteiger charge is 2.19. The fourth-order valence-electron chi connectivity index (χ4n) is 2.79. The van der Waals surface area contributed by atoms with Gasteiger partial charge in [0.15, 0.2) is 0 Å². The van der Waals surface area contributed by atoms with E-state index in [1.165, 1.54) is 12.1 Å². The van der Waals surface area contributed by atoms with Crippen molar-refractivity contribution in [1.82, 2.24) is 0 Å². The van der Waals surface area contributed by atoms with Gasteiger partial charge in [-0.15, -0.1) is 0 Å². The van der Waals surface area contributed by atoms with Crippen LogP contribution < -0.4 is 5.73 Å². The number of nitriles is 2. The Hall–Kier alpha value is -3.68. The number of nitrogen functional groups attached to an aromatic ring is 1. The monoisotopic (exact) mass is 418 g/mol. The van der Waals surface area contributed by atoms with Gasteiger partial charge in [0.05, 0.1) is 21.7 Å². The molecule has 0 atom stereocenters. The van der Waals surface area contributed by atoms with Crippen LogP contribution in [0.25, 0.3) is 22.3 Å². The highest BCUT2D eigenvalue weighted by molar-refractivity contribution is 9.10. The molecule has 0 bridgehead atoms. The lowest BCUT2D eigenvalue weighted by atomic mass is 9.89. The summed E-state index contributed by atoms with van der Waals surface area (Å²) in [6.45, 7) is 0. The third kappa shape index (κ3) is 3.37. The van der Waals surface area contributed by atoms with Crippen LogP contribution in [-0.4, -0.2) is 4.92 Å². The van der Waals surface area contributed by atoms with Crippen molar-refractivity contribution in [2.75, 3.05) is 5.73 Å². The minimum Gasteiger partial charge on any atom is -0.397 e. The van der Waals surface area contributed by atoms with E-state index in [-0.39, 0.29) is 22.5 Å². The van der Waals surface area contributed by atoms with E-state index in [0.717, 1.165) is 10.0 Å². The number of nitrogens with zero attached hydrogens (tertiary/aromatic N) is 3. The number of benzene rings is 3. The van der Waals surface area contributed by atoms with Crippen LogP contribution in [0.5, 0.6) is 0 Å². The molecule has 0 aromatic heterocycles. The zero-order valence-electron chi connectivity index (χ0n) is 13.8. The average molecular weight is 419 g/mol. The van der Waals surface area contributed by atoms with Crippen molar-refractivity contribution in [3.63, 3.8) is 0 Å². The number of halogens is 1. The maximum absolute atomic E-state index is 10.9. The van der Waals surface area contributed by atoms with Gasteiger partial charge in [-0.1, -0.05) is 28.1 Å². The van der Waals surface area contributed by atoms with Gasteiger partial charge in [0.2, 0.25) is 0 Å². The van der Waals surface area contributed by atoms with Crippen molar-refractivity contribution < 1.29 is 4.92 Å². The maximum atomic E-state index is 10.9. The second kappa shape index (κ2) is 7.28. The van der Waals surface area contributed by atoms with E-state index in [1.54, 1.807) is 18.2 Å². The Kier molecular flexibility index (Phi) is 4.89. The molecular weight excluding hydrogens is 408 g/mol. The van der Waals surface area contributed by atoms with E-state index in [2.05, 4.69) is 22.0 Å². The molecule has 7 heteroatoms. The lowest BCUT2D eigenvalue weighted by Crippen LogP contribution is -2.01. The van der Waals surface area contributed by atoms with E-state index in [4.69, 9.17) is 5.73 Å². The Balaban J connectivity index is 2.28. The number of non-ortho nitro benzene ring substituents is 1. The molecule has 2 N–H and O–H groups in total. The third-order valence-corrected chi connectivity index (χ3v) is 4.66. The molecule has 0 saturated heterocycles. The van der Waals surface area contributed by atoms with Gasteiger partial charge in [0.1, 0.15) is 12.1 Å². The number of hydrogen-bond donors (Lipinski definition) is 1. The molecule has 0 spiro atoms. The Morgan fingerprint density at radius 2 is 1.33 bits per heavy atom. The summed E-state index contributed by atoms with van der Waals surface area (Å²) in [5, 5.41) is 30.0. The average Bonchev–Trinajstić information content (AvgIpc) is 2.68. The standard InChI is InChI=1S/C20H11BrN4O2/c21-14-5-1-12(2-6-14)16-9-17(19(11-23)20(24)18(16)10-22)13-3-7-15(8-4-13)25(26)27/h1-9H,24H2. The molecule has 3 rings (SSSR count). The van der Waals surface area contributed by atoms with Crippen molar-refractivity contribution >= 4 is 27.3 Å². The lowest BCUT2D eigenvalue weighted by Gasteiger charge is -2.14. The summed E-state index contributed by atoms with van der Waals surface area (Å²) in [5.74, 6) is 0. The predicted molar refractivity (Wildman–Crippen MR) is 106 cm³/mol. The number of nitrogens with two attached hydrogens (primary N) is 1. The van der Waals surface area contributed by atoms with Crippen LogP contribution in [0.4, 0.5) is 11.4 Å². The van der Waals surface area contributed by atoms with E-state index in [1.807, 2.05) is 30.3 Å². The Morgan fingerprint density at radius 3 is 1.74 bits per heavy atom. The molecule has 0 heterocycles. The van der Waals surface area contributed by atoms with Crippen LogP contribution in [0.2, 0.25) is 0 Å². The maximum Gasteiger partial charge on any atom is 0.269 e. The van der Waals surface area contributed by atoms with Gasteiger partial charge < -0.3 is 5.73 Å². The van der Waals surface area contributed by atoms with Gasteiger partial charge in [-0.2, -0.15) is 10.5 Å². The van der Waals surface area contributed by atoms with Gasteiger partial charge in [0, 0.05) is 27.7 Å². The summed E-state index contributed by atoms with van der Waals surface area (Å²) in [5.41, 5.74) is 9.04. The number of hydrogen-bond acceptors (Lipinski definition) is 5. The zero-order valence-corrected chi connectivity index (χ0v) is 15.4. The van der Waals surface area contributed by atoms with Crippen molar-refractivity contribution in [1.29, 1.82) is 10.5 Å². The summed E-state index contributed by atoms with van der Waals surface area (Å²) in [6, 6.07) is 19.1. The van der Waals surface area contributed by atoms with Crippen molar-refractivity contribution in [2.24, 2.45) is 0 Å². The Labute approximate surface area is 163 Å². The first-order valence-corrected chi connectivity index (χ1v) is 8.53. The van der Waals surface area contributed by atoms with E-state index < -0.39 is 4.92 Å². The molecule has 130 valence electrons. The number of anilines is 1. The zero-order chi connectivity index (χ0) is 19.6. The van der Waals surface area contributed by atoms with Gasteiger partial charge in [-0.05, 0) is 41.5 Å². The van der Waals surface area contributed by atoms with Crippen LogP contribution in [0.3, 0.4) is 0 Å². The number of nitro groups is 1. The normalized spacial score (nSPS) is 10.0. The predicted octanol–water partition coefficient (Wildman–Crippen LogP) is 5.02.